The zero-order valence-electron chi connectivity index (χ0n) is 33.2. The summed E-state index contributed by atoms with van der Waals surface area (Å²) in [4.78, 5) is 21.5. The predicted octanol–water partition coefficient (Wildman–Crippen LogP) is 5.30. The molecule has 306 valence electrons. The molecule has 2 aromatic carbocycles. The molecule has 7 atom stereocenters. The van der Waals surface area contributed by atoms with E-state index in [4.69, 9.17) is 30.5 Å². The first-order chi connectivity index (χ1) is 27.0. The molecule has 1 N–H and O–H groups in total. The van der Waals surface area contributed by atoms with Gasteiger partial charge in [0.2, 0.25) is 10.0 Å². The highest BCUT2D eigenvalue weighted by atomic mass is 35.5. The molecular weight excluding hydrogens is 752 g/mol. The Labute approximate surface area is 338 Å². The van der Waals surface area contributed by atoms with E-state index in [-0.39, 0.29) is 30.3 Å². The number of anilines is 1. The van der Waals surface area contributed by atoms with Crippen molar-refractivity contribution in [1.29, 1.82) is 0 Å². The summed E-state index contributed by atoms with van der Waals surface area (Å²) in [6, 6.07) is 12.0. The van der Waals surface area contributed by atoms with E-state index < -0.39 is 26.8 Å². The Hall–Kier alpha value is -2.71. The van der Waals surface area contributed by atoms with Gasteiger partial charge in [-0.3, -0.25) is 14.6 Å². The van der Waals surface area contributed by atoms with Crippen LogP contribution in [0.3, 0.4) is 0 Å². The second kappa shape index (κ2) is 16.5. The Kier molecular flexibility index (Phi) is 11.8. The van der Waals surface area contributed by atoms with E-state index in [2.05, 4.69) is 43.7 Å². The molecule has 1 spiro atoms. The quantitative estimate of drug-likeness (QED) is 0.387. The van der Waals surface area contributed by atoms with Crippen LogP contribution in [-0.2, 0) is 36.1 Å². The molecule has 6 aliphatic rings. The number of benzene rings is 2. The van der Waals surface area contributed by atoms with Crippen LogP contribution in [0.15, 0.2) is 48.6 Å². The minimum absolute atomic E-state index is 0.230. The molecule has 2 aliphatic carbocycles. The normalized spacial score (nSPS) is 34.2. The highest BCUT2D eigenvalue weighted by Crippen LogP contribution is 2.49. The van der Waals surface area contributed by atoms with E-state index in [9.17, 15) is 13.2 Å². The fourth-order valence-electron chi connectivity index (χ4n) is 10.7. The summed E-state index contributed by atoms with van der Waals surface area (Å²) in [5.41, 5.74) is 2.79. The summed E-state index contributed by atoms with van der Waals surface area (Å²) >= 11 is 6.53. The lowest BCUT2D eigenvalue weighted by Gasteiger charge is -2.53. The van der Waals surface area contributed by atoms with Crippen molar-refractivity contribution in [3.8, 4) is 5.75 Å². The summed E-state index contributed by atoms with van der Waals surface area (Å²) in [7, 11) is -0.652. The minimum atomic E-state index is -4.07. The van der Waals surface area contributed by atoms with Gasteiger partial charge >= 0.3 is 0 Å². The van der Waals surface area contributed by atoms with E-state index in [0.717, 1.165) is 95.3 Å². The van der Waals surface area contributed by atoms with Crippen molar-refractivity contribution in [2.75, 3.05) is 91.4 Å². The minimum Gasteiger partial charge on any atom is -0.490 e. The van der Waals surface area contributed by atoms with Crippen molar-refractivity contribution < 1.29 is 32.2 Å². The fraction of sp³-hybridized carbons (Fsp3) is 0.651. The molecule has 8 rings (SSSR count). The molecule has 3 fully saturated rings. The lowest BCUT2D eigenvalue weighted by atomic mass is 9.63. The van der Waals surface area contributed by atoms with Crippen molar-refractivity contribution >= 4 is 33.2 Å². The van der Waals surface area contributed by atoms with E-state index >= 15 is 0 Å². The van der Waals surface area contributed by atoms with Crippen molar-refractivity contribution in [2.24, 2.45) is 17.8 Å². The van der Waals surface area contributed by atoms with Crippen LogP contribution in [-0.4, -0.2) is 127 Å². The summed E-state index contributed by atoms with van der Waals surface area (Å²) in [5.74, 6) is 0.331. The predicted molar refractivity (Wildman–Crippen MR) is 218 cm³/mol. The molecule has 4 heterocycles. The van der Waals surface area contributed by atoms with Crippen LogP contribution in [0.25, 0.3) is 0 Å². The average Bonchev–Trinajstić information content (AvgIpc) is 3.32. The summed E-state index contributed by atoms with van der Waals surface area (Å²) in [6.45, 7) is 10.3. The van der Waals surface area contributed by atoms with Crippen LogP contribution < -0.4 is 14.4 Å². The number of rotatable bonds is 6. The van der Waals surface area contributed by atoms with Crippen LogP contribution in [0.2, 0.25) is 5.02 Å². The largest absolute Gasteiger partial charge is 0.490 e. The van der Waals surface area contributed by atoms with Crippen LogP contribution in [0.1, 0.15) is 66.9 Å². The van der Waals surface area contributed by atoms with E-state index in [1.807, 2.05) is 32.2 Å². The number of methoxy groups -OCH3 is 2. The molecule has 0 unspecified atom stereocenters. The van der Waals surface area contributed by atoms with E-state index in [0.29, 0.717) is 42.8 Å². The number of allylic oxidation sites excluding steroid dienone is 1. The average molecular weight is 811 g/mol. The first-order valence-electron chi connectivity index (χ1n) is 20.7. The molecule has 2 bridgehead atoms. The lowest BCUT2D eigenvalue weighted by molar-refractivity contribution is -0.108. The van der Waals surface area contributed by atoms with Gasteiger partial charge in [-0.25, -0.2) is 13.1 Å². The molecule has 2 saturated heterocycles. The molecular formula is C43H59ClN4O7S. The number of piperazine rings is 1. The SMILES string of the molecule is COCC[C@@H]1[C@@H](C)C/C=C\[C@@](CN2CCN3CCOC[C@@H]3C2)(OC)[C@@H]2CC[C@H]2CN2C[C@@]3(CCCc4cc(Cl)ccc43)COc3ccc(cc32)C(=O)NS1(=O)=O. The van der Waals surface area contributed by atoms with Gasteiger partial charge in [-0.15, -0.1) is 0 Å². The number of sulfonamides is 1. The number of amides is 1. The van der Waals surface area contributed by atoms with Crippen LogP contribution >= 0.6 is 11.6 Å². The molecule has 2 aromatic rings. The third kappa shape index (κ3) is 7.88. The summed E-state index contributed by atoms with van der Waals surface area (Å²) < 4.78 is 55.4. The number of carbonyl (C=O) groups is 1. The van der Waals surface area contributed by atoms with Crippen molar-refractivity contribution in [2.45, 2.75) is 74.2 Å². The van der Waals surface area contributed by atoms with Gasteiger partial charge in [0.05, 0.1) is 30.8 Å². The van der Waals surface area contributed by atoms with Gasteiger partial charge in [-0.1, -0.05) is 36.7 Å². The van der Waals surface area contributed by atoms with E-state index in [1.54, 1.807) is 13.2 Å². The van der Waals surface area contributed by atoms with Gasteiger partial charge in [-0.05, 0) is 104 Å². The maximum atomic E-state index is 14.1. The fourth-order valence-corrected chi connectivity index (χ4v) is 12.6. The van der Waals surface area contributed by atoms with Crippen molar-refractivity contribution in [3.63, 3.8) is 0 Å². The Balaban J connectivity index is 1.20. The number of hydrogen-bond donors (Lipinski definition) is 1. The van der Waals surface area contributed by atoms with Crippen LogP contribution in [0.5, 0.6) is 5.75 Å². The summed E-state index contributed by atoms with van der Waals surface area (Å²) in [6.07, 6.45) is 10.2. The number of halogens is 1. The van der Waals surface area contributed by atoms with E-state index in [1.165, 1.54) is 11.1 Å². The first-order valence-corrected chi connectivity index (χ1v) is 22.6. The Bertz CT molecular complexity index is 1900. The maximum absolute atomic E-state index is 14.1. The third-order valence-electron chi connectivity index (χ3n) is 14.0. The van der Waals surface area contributed by atoms with Crippen molar-refractivity contribution in [3.05, 3.63) is 70.3 Å². The lowest BCUT2D eigenvalue weighted by Crippen LogP contribution is -2.62. The monoisotopic (exact) mass is 810 g/mol. The topological polar surface area (TPSA) is 110 Å². The summed E-state index contributed by atoms with van der Waals surface area (Å²) in [5, 5.41) is -0.0936. The third-order valence-corrected chi connectivity index (χ3v) is 16.2. The zero-order valence-corrected chi connectivity index (χ0v) is 34.8. The molecule has 11 nitrogen and oxygen atoms in total. The van der Waals surface area contributed by atoms with Crippen LogP contribution in [0, 0.1) is 17.8 Å². The highest BCUT2D eigenvalue weighted by Gasteiger charge is 2.50. The molecule has 13 heteroatoms. The van der Waals surface area contributed by atoms with Gasteiger partial charge in [0, 0.05) is 88.7 Å². The second-order valence-corrected chi connectivity index (χ2v) is 19.6. The second-order valence-electron chi connectivity index (χ2n) is 17.3. The molecule has 4 aliphatic heterocycles. The Morgan fingerprint density at radius 1 is 1.07 bits per heavy atom. The smallest absolute Gasteiger partial charge is 0.264 e. The van der Waals surface area contributed by atoms with Gasteiger partial charge in [0.25, 0.3) is 5.91 Å². The zero-order chi connectivity index (χ0) is 39.1. The number of carbonyl (C=O) groups excluding carboxylic acids is 1. The Morgan fingerprint density at radius 3 is 2.75 bits per heavy atom. The van der Waals surface area contributed by atoms with Crippen molar-refractivity contribution in [1.82, 2.24) is 14.5 Å². The van der Waals surface area contributed by atoms with Crippen LogP contribution in [0.4, 0.5) is 5.69 Å². The maximum Gasteiger partial charge on any atom is 0.264 e. The van der Waals surface area contributed by atoms with Gasteiger partial charge < -0.3 is 23.8 Å². The number of nitrogens with zero attached hydrogens (tertiary/aromatic N) is 3. The number of hydrogen-bond acceptors (Lipinski definition) is 10. The van der Waals surface area contributed by atoms with Gasteiger partial charge in [0.1, 0.15) is 11.4 Å². The molecule has 0 aromatic heterocycles. The highest BCUT2D eigenvalue weighted by molar-refractivity contribution is 7.90. The number of nitrogens with one attached hydrogen (secondary N) is 1. The first kappa shape index (κ1) is 40.1. The number of aryl methyl sites for hydroxylation is 1. The van der Waals surface area contributed by atoms with Gasteiger partial charge in [-0.2, -0.15) is 0 Å². The Morgan fingerprint density at radius 2 is 1.95 bits per heavy atom. The molecule has 0 radical (unpaired) electrons. The number of ether oxygens (including phenoxy) is 4. The number of morpholine rings is 1. The van der Waals surface area contributed by atoms with Gasteiger partial charge in [0.15, 0.2) is 0 Å². The molecule has 1 amide bonds. The standard InChI is InChI=1S/C43H59ClN4O7S/c1-30-6-4-16-43(53-3,28-46-17-18-47-19-21-54-26-35(47)25-46)37-11-8-33(37)24-48-27-42(15-5-7-31-22-34(44)10-12-36(31)42)29-55-39-13-9-32(23-38(39)48)41(49)45-56(50,51)40(30)14-20-52-2/h4,9-10,12-13,16,22-23,30,33,35,37,40H,5-8,11,14-15,17-21,24-29H2,1-3H3,(H,45,49)/b16-4-/t30-,33-,35-,37+,40+,42-,43-/m0/s1. The molecule has 1 saturated carbocycles. The molecule has 56 heavy (non-hydrogen) atoms. The number of fused-ring (bicyclic) bond motifs is 5.